The number of aromatic hydroxyl groups is 1. The maximum Gasteiger partial charge on any atom is 0.270 e. The number of benzene rings is 2. The van der Waals surface area contributed by atoms with Crippen LogP contribution in [0.2, 0.25) is 0 Å². The number of morpholine rings is 1. The van der Waals surface area contributed by atoms with Gasteiger partial charge in [-0.15, -0.1) is 0 Å². The number of nitrogens with zero attached hydrogens (tertiary/aromatic N) is 6. The fourth-order valence-corrected chi connectivity index (χ4v) is 3.39. The van der Waals surface area contributed by atoms with Gasteiger partial charge in [-0.1, -0.05) is 22.0 Å². The molecule has 1 aliphatic heterocycles. The molecule has 0 atom stereocenters. The second kappa shape index (κ2) is 10.2. The Labute approximate surface area is 196 Å². The summed E-state index contributed by atoms with van der Waals surface area (Å²) in [4.78, 5) is 25.7. The van der Waals surface area contributed by atoms with Gasteiger partial charge in [-0.05, 0) is 24.3 Å². The van der Waals surface area contributed by atoms with Crippen molar-refractivity contribution in [2.45, 2.75) is 0 Å². The number of non-ortho nitro benzene ring substituents is 1. The molecule has 0 saturated carbocycles. The Hall–Kier alpha value is -3.84. The van der Waals surface area contributed by atoms with Crippen LogP contribution in [0.3, 0.4) is 0 Å². The van der Waals surface area contributed by atoms with Gasteiger partial charge in [0.15, 0.2) is 0 Å². The van der Waals surface area contributed by atoms with E-state index < -0.39 is 4.92 Å². The fraction of sp³-hybridized carbons (Fsp3) is 0.200. The molecule has 13 heteroatoms. The van der Waals surface area contributed by atoms with Crippen LogP contribution in [0, 0.1) is 10.1 Å². The van der Waals surface area contributed by atoms with E-state index in [1.807, 2.05) is 29.2 Å². The van der Waals surface area contributed by atoms with Gasteiger partial charge in [0, 0.05) is 40.9 Å². The number of hydrazone groups is 1. The van der Waals surface area contributed by atoms with Crippen molar-refractivity contribution in [3.05, 3.63) is 62.6 Å². The van der Waals surface area contributed by atoms with Gasteiger partial charge in [0.05, 0.1) is 24.4 Å². The third kappa shape index (κ3) is 5.90. The van der Waals surface area contributed by atoms with Gasteiger partial charge in [0.1, 0.15) is 5.75 Å². The monoisotopic (exact) mass is 514 g/mol. The molecule has 0 aliphatic carbocycles. The fourth-order valence-electron chi connectivity index (χ4n) is 2.99. The molecule has 0 unspecified atom stereocenters. The number of halogens is 1. The molecule has 2 heterocycles. The van der Waals surface area contributed by atoms with Crippen molar-refractivity contribution in [3.8, 4) is 5.75 Å². The lowest BCUT2D eigenvalue weighted by molar-refractivity contribution is -0.384. The lowest BCUT2D eigenvalue weighted by Gasteiger charge is -2.27. The average molecular weight is 515 g/mol. The summed E-state index contributed by atoms with van der Waals surface area (Å²) in [6.07, 6.45) is 1.25. The Kier molecular flexibility index (Phi) is 6.90. The van der Waals surface area contributed by atoms with E-state index >= 15 is 0 Å². The molecule has 33 heavy (non-hydrogen) atoms. The van der Waals surface area contributed by atoms with Crippen LogP contribution >= 0.6 is 15.9 Å². The highest BCUT2D eigenvalue weighted by Gasteiger charge is 2.17. The van der Waals surface area contributed by atoms with Crippen molar-refractivity contribution in [1.82, 2.24) is 15.0 Å². The second-order valence-electron chi connectivity index (χ2n) is 6.89. The van der Waals surface area contributed by atoms with Crippen molar-refractivity contribution < 1.29 is 14.8 Å². The van der Waals surface area contributed by atoms with Gasteiger partial charge in [-0.2, -0.15) is 20.1 Å². The van der Waals surface area contributed by atoms with E-state index in [0.717, 1.165) is 10.2 Å². The molecular weight excluding hydrogens is 496 g/mol. The first-order valence-electron chi connectivity index (χ1n) is 9.86. The molecule has 2 aromatic carbocycles. The number of anilines is 4. The summed E-state index contributed by atoms with van der Waals surface area (Å²) in [5, 5.41) is 28.1. The topological polar surface area (TPSA) is 151 Å². The Morgan fingerprint density at radius 1 is 1.15 bits per heavy atom. The average Bonchev–Trinajstić information content (AvgIpc) is 2.80. The molecule has 0 spiro atoms. The third-order valence-corrected chi connectivity index (χ3v) is 5.08. The summed E-state index contributed by atoms with van der Waals surface area (Å²) in [6.45, 7) is 2.38. The molecule has 12 nitrogen and oxygen atoms in total. The third-order valence-electron chi connectivity index (χ3n) is 4.59. The number of aromatic nitrogens is 3. The predicted octanol–water partition coefficient (Wildman–Crippen LogP) is 3.27. The highest BCUT2D eigenvalue weighted by atomic mass is 79.9. The van der Waals surface area contributed by atoms with E-state index in [-0.39, 0.29) is 22.9 Å². The van der Waals surface area contributed by atoms with Crippen LogP contribution in [0.4, 0.5) is 29.2 Å². The molecule has 3 N–H and O–H groups in total. The van der Waals surface area contributed by atoms with Gasteiger partial charge in [0.2, 0.25) is 17.8 Å². The lowest BCUT2D eigenvalue weighted by Crippen LogP contribution is -2.37. The standard InChI is InChI=1S/C20H19BrN8O4/c21-14-2-1-3-15(11-14)23-18-24-19(26-20(25-18)28-6-8-33-9-7-28)27-22-12-13-10-16(29(31)32)4-5-17(13)30/h1-5,10-12,30H,6-9H2,(H2,23,24,25,26,27). The minimum atomic E-state index is -0.551. The largest absolute Gasteiger partial charge is 0.507 e. The van der Waals surface area contributed by atoms with E-state index in [2.05, 4.69) is 46.7 Å². The number of nitrogens with one attached hydrogen (secondary N) is 2. The molecular formula is C20H19BrN8O4. The van der Waals surface area contributed by atoms with Crippen molar-refractivity contribution in [1.29, 1.82) is 0 Å². The first-order valence-corrected chi connectivity index (χ1v) is 10.6. The molecule has 0 amide bonds. The number of ether oxygens (including phenoxy) is 1. The number of phenols is 1. The van der Waals surface area contributed by atoms with Crippen LogP contribution in [0.25, 0.3) is 0 Å². The number of nitro groups is 1. The van der Waals surface area contributed by atoms with Crippen LogP contribution in [0.1, 0.15) is 5.56 Å². The summed E-state index contributed by atoms with van der Waals surface area (Å²) in [5.74, 6) is 0.764. The zero-order chi connectivity index (χ0) is 23.2. The second-order valence-corrected chi connectivity index (χ2v) is 7.80. The molecule has 4 rings (SSSR count). The van der Waals surface area contributed by atoms with Crippen LogP contribution in [-0.2, 0) is 4.74 Å². The van der Waals surface area contributed by atoms with Crippen LogP contribution in [0.5, 0.6) is 5.75 Å². The maximum absolute atomic E-state index is 11.0. The molecule has 1 fully saturated rings. The summed E-state index contributed by atoms with van der Waals surface area (Å²) >= 11 is 3.43. The van der Waals surface area contributed by atoms with Crippen molar-refractivity contribution in [2.24, 2.45) is 5.10 Å². The molecule has 1 saturated heterocycles. The molecule has 0 bridgehead atoms. The first-order chi connectivity index (χ1) is 16.0. The molecule has 170 valence electrons. The quantitative estimate of drug-likeness (QED) is 0.243. The maximum atomic E-state index is 11.0. The van der Waals surface area contributed by atoms with E-state index in [4.69, 9.17) is 4.74 Å². The number of hydrogen-bond acceptors (Lipinski definition) is 11. The summed E-state index contributed by atoms with van der Waals surface area (Å²) in [5.41, 5.74) is 3.49. The summed E-state index contributed by atoms with van der Waals surface area (Å²) in [7, 11) is 0. The van der Waals surface area contributed by atoms with Crippen molar-refractivity contribution in [3.63, 3.8) is 0 Å². The minimum absolute atomic E-state index is 0.146. The van der Waals surface area contributed by atoms with E-state index in [1.54, 1.807) is 0 Å². The van der Waals surface area contributed by atoms with E-state index in [0.29, 0.717) is 38.2 Å². The predicted molar refractivity (Wildman–Crippen MR) is 126 cm³/mol. The zero-order valence-corrected chi connectivity index (χ0v) is 18.8. The number of phenolic OH excluding ortho intramolecular Hbond substituents is 1. The molecule has 0 radical (unpaired) electrons. The number of nitro benzene ring substituents is 1. The summed E-state index contributed by atoms with van der Waals surface area (Å²) in [6, 6.07) is 11.2. The SMILES string of the molecule is O=[N+]([O-])c1ccc(O)c(C=NNc2nc(Nc3cccc(Br)c3)nc(N3CCOCC3)n2)c1. The van der Waals surface area contributed by atoms with Crippen LogP contribution in [0.15, 0.2) is 52.0 Å². The Morgan fingerprint density at radius 3 is 2.70 bits per heavy atom. The van der Waals surface area contributed by atoms with Gasteiger partial charge in [-0.3, -0.25) is 10.1 Å². The van der Waals surface area contributed by atoms with Gasteiger partial charge in [-0.25, -0.2) is 5.43 Å². The van der Waals surface area contributed by atoms with Crippen LogP contribution in [-0.4, -0.2) is 57.5 Å². The normalized spacial score (nSPS) is 13.8. The zero-order valence-electron chi connectivity index (χ0n) is 17.2. The summed E-state index contributed by atoms with van der Waals surface area (Å²) < 4.78 is 6.30. The van der Waals surface area contributed by atoms with Crippen molar-refractivity contribution >= 4 is 51.4 Å². The number of hydrogen-bond donors (Lipinski definition) is 3. The smallest absolute Gasteiger partial charge is 0.270 e. The molecule has 3 aromatic rings. The molecule has 1 aromatic heterocycles. The van der Waals surface area contributed by atoms with Gasteiger partial charge >= 0.3 is 0 Å². The van der Waals surface area contributed by atoms with Gasteiger partial charge in [0.25, 0.3) is 5.69 Å². The van der Waals surface area contributed by atoms with E-state index in [1.165, 1.54) is 24.4 Å². The highest BCUT2D eigenvalue weighted by Crippen LogP contribution is 2.23. The highest BCUT2D eigenvalue weighted by molar-refractivity contribution is 9.10. The van der Waals surface area contributed by atoms with Crippen molar-refractivity contribution in [2.75, 3.05) is 41.9 Å². The van der Waals surface area contributed by atoms with E-state index in [9.17, 15) is 15.2 Å². The number of rotatable bonds is 7. The minimum Gasteiger partial charge on any atom is -0.507 e. The Bertz CT molecular complexity index is 1190. The molecule has 1 aliphatic rings. The van der Waals surface area contributed by atoms with Crippen LogP contribution < -0.4 is 15.6 Å². The first kappa shape index (κ1) is 22.4. The lowest BCUT2D eigenvalue weighted by atomic mass is 10.2. The Morgan fingerprint density at radius 2 is 1.94 bits per heavy atom. The van der Waals surface area contributed by atoms with Gasteiger partial charge < -0.3 is 20.1 Å². The Balaban J connectivity index is 1.59.